The summed E-state index contributed by atoms with van der Waals surface area (Å²) in [7, 11) is 0. The molecule has 6 heteroatoms. The van der Waals surface area contributed by atoms with E-state index < -0.39 is 0 Å². The maximum Gasteiger partial charge on any atom is 0.258 e. The van der Waals surface area contributed by atoms with Crippen LogP contribution in [-0.2, 0) is 5.41 Å². The number of carbonyl (C=O) groups is 1. The zero-order valence-corrected chi connectivity index (χ0v) is 10.6. The molecular weight excluding hydrogens is 230 g/mol. The van der Waals surface area contributed by atoms with E-state index in [1.54, 1.807) is 12.1 Å². The Balaban J connectivity index is 2.12. The van der Waals surface area contributed by atoms with Crippen LogP contribution in [0.3, 0.4) is 0 Å². The van der Waals surface area contributed by atoms with Gasteiger partial charge in [-0.1, -0.05) is 38.0 Å². The van der Waals surface area contributed by atoms with Crippen molar-refractivity contribution >= 4 is 11.9 Å². The molecule has 0 unspecified atom stereocenters. The first-order valence-corrected chi connectivity index (χ1v) is 5.62. The summed E-state index contributed by atoms with van der Waals surface area (Å²) >= 11 is 0. The minimum atomic E-state index is -0.242. The number of benzene rings is 1. The van der Waals surface area contributed by atoms with Crippen molar-refractivity contribution in [2.75, 3.05) is 5.32 Å². The Kier molecular flexibility index (Phi) is 3.10. The van der Waals surface area contributed by atoms with Crippen molar-refractivity contribution in [3.05, 3.63) is 35.4 Å². The largest absolute Gasteiger partial charge is 0.289 e. The summed E-state index contributed by atoms with van der Waals surface area (Å²) in [6.07, 6.45) is 0. The Labute approximate surface area is 105 Å². The van der Waals surface area contributed by atoms with Crippen LogP contribution in [-0.4, -0.2) is 26.5 Å². The van der Waals surface area contributed by atoms with Crippen molar-refractivity contribution in [1.82, 2.24) is 20.6 Å². The van der Waals surface area contributed by atoms with Gasteiger partial charge in [-0.25, -0.2) is 5.10 Å². The van der Waals surface area contributed by atoms with Gasteiger partial charge in [-0.05, 0) is 33.5 Å². The summed E-state index contributed by atoms with van der Waals surface area (Å²) in [6.45, 7) is 6.38. The van der Waals surface area contributed by atoms with Gasteiger partial charge in [-0.3, -0.25) is 10.1 Å². The topological polar surface area (TPSA) is 83.6 Å². The van der Waals surface area contributed by atoms with Crippen LogP contribution in [0.2, 0.25) is 0 Å². The number of nitrogens with one attached hydrogen (secondary N) is 2. The molecule has 6 nitrogen and oxygen atoms in total. The molecule has 18 heavy (non-hydrogen) atoms. The normalized spacial score (nSPS) is 11.3. The second kappa shape index (κ2) is 4.56. The average molecular weight is 245 g/mol. The van der Waals surface area contributed by atoms with Gasteiger partial charge >= 0.3 is 0 Å². The van der Waals surface area contributed by atoms with Crippen LogP contribution in [0.15, 0.2) is 24.3 Å². The molecule has 2 rings (SSSR count). The molecule has 0 saturated heterocycles. The van der Waals surface area contributed by atoms with E-state index in [2.05, 4.69) is 46.7 Å². The number of hydrogen-bond donors (Lipinski definition) is 2. The lowest BCUT2D eigenvalue weighted by atomic mass is 9.87. The monoisotopic (exact) mass is 245 g/mol. The smallest absolute Gasteiger partial charge is 0.258 e. The van der Waals surface area contributed by atoms with Crippen LogP contribution in [0.4, 0.5) is 5.95 Å². The lowest BCUT2D eigenvalue weighted by Gasteiger charge is -2.18. The summed E-state index contributed by atoms with van der Waals surface area (Å²) in [5.74, 6) is -0.00564. The Morgan fingerprint density at radius 2 is 1.89 bits per heavy atom. The number of aromatic nitrogens is 4. The number of H-pyrrole nitrogens is 1. The van der Waals surface area contributed by atoms with Crippen LogP contribution in [0.25, 0.3) is 0 Å². The molecule has 0 aliphatic carbocycles. The second-order valence-corrected chi connectivity index (χ2v) is 5.03. The van der Waals surface area contributed by atoms with E-state index in [4.69, 9.17) is 0 Å². The summed E-state index contributed by atoms with van der Waals surface area (Å²) in [5, 5.41) is 15.4. The van der Waals surface area contributed by atoms with E-state index in [0.29, 0.717) is 5.56 Å². The SMILES string of the molecule is CC(C)(C)c1ccc(C(=O)Nc2nnn[nH]2)cc1. The fourth-order valence-electron chi connectivity index (χ4n) is 1.51. The fraction of sp³-hybridized carbons (Fsp3) is 0.333. The third-order valence-corrected chi connectivity index (χ3v) is 2.59. The molecule has 1 aromatic heterocycles. The van der Waals surface area contributed by atoms with Crippen LogP contribution in [0, 0.1) is 0 Å². The van der Waals surface area contributed by atoms with Gasteiger partial charge in [0, 0.05) is 5.56 Å². The lowest BCUT2D eigenvalue weighted by Crippen LogP contribution is -2.15. The summed E-state index contributed by atoms with van der Waals surface area (Å²) in [4.78, 5) is 11.8. The molecule has 1 amide bonds. The fourth-order valence-corrected chi connectivity index (χ4v) is 1.51. The third kappa shape index (κ3) is 2.71. The van der Waals surface area contributed by atoms with Crippen molar-refractivity contribution in [2.45, 2.75) is 26.2 Å². The van der Waals surface area contributed by atoms with E-state index in [0.717, 1.165) is 0 Å². The van der Waals surface area contributed by atoms with Crippen LogP contribution in [0.5, 0.6) is 0 Å². The number of carbonyl (C=O) groups excluding carboxylic acids is 1. The number of rotatable bonds is 2. The van der Waals surface area contributed by atoms with Gasteiger partial charge in [0.05, 0.1) is 0 Å². The summed E-state index contributed by atoms with van der Waals surface area (Å²) in [5.41, 5.74) is 1.82. The van der Waals surface area contributed by atoms with E-state index in [9.17, 15) is 4.79 Å². The Hall–Kier alpha value is -2.24. The summed E-state index contributed by atoms with van der Waals surface area (Å²) in [6, 6.07) is 7.49. The first kappa shape index (κ1) is 12.2. The van der Waals surface area contributed by atoms with Crippen molar-refractivity contribution in [1.29, 1.82) is 0 Å². The number of hydrogen-bond acceptors (Lipinski definition) is 4. The number of amides is 1. The third-order valence-electron chi connectivity index (χ3n) is 2.59. The lowest BCUT2D eigenvalue weighted by molar-refractivity contribution is 0.102. The van der Waals surface area contributed by atoms with Crippen LogP contribution in [0.1, 0.15) is 36.7 Å². The minimum Gasteiger partial charge on any atom is -0.289 e. The van der Waals surface area contributed by atoms with Gasteiger partial charge in [0.15, 0.2) is 0 Å². The van der Waals surface area contributed by atoms with Gasteiger partial charge < -0.3 is 0 Å². The first-order chi connectivity index (χ1) is 8.47. The maximum atomic E-state index is 11.8. The number of tetrazole rings is 1. The highest BCUT2D eigenvalue weighted by Crippen LogP contribution is 2.22. The number of anilines is 1. The number of aromatic amines is 1. The predicted molar refractivity (Wildman–Crippen MR) is 67.3 cm³/mol. The van der Waals surface area contributed by atoms with Crippen molar-refractivity contribution in [3.63, 3.8) is 0 Å². The van der Waals surface area contributed by atoms with Crippen molar-refractivity contribution in [3.8, 4) is 0 Å². The maximum absolute atomic E-state index is 11.8. The molecule has 0 aliphatic rings. The van der Waals surface area contributed by atoms with E-state index in [1.165, 1.54) is 5.56 Å². The molecule has 94 valence electrons. The van der Waals surface area contributed by atoms with E-state index >= 15 is 0 Å². The first-order valence-electron chi connectivity index (χ1n) is 5.62. The van der Waals surface area contributed by atoms with Crippen molar-refractivity contribution < 1.29 is 4.79 Å². The molecule has 1 heterocycles. The second-order valence-electron chi connectivity index (χ2n) is 5.03. The highest BCUT2D eigenvalue weighted by Gasteiger charge is 2.14. The molecule has 1 aromatic carbocycles. The van der Waals surface area contributed by atoms with E-state index in [-0.39, 0.29) is 17.3 Å². The molecule has 0 saturated carbocycles. The highest BCUT2D eigenvalue weighted by atomic mass is 16.1. The Morgan fingerprint density at radius 1 is 1.22 bits per heavy atom. The Morgan fingerprint density at radius 3 is 2.39 bits per heavy atom. The number of nitrogens with zero attached hydrogens (tertiary/aromatic N) is 3. The van der Waals surface area contributed by atoms with E-state index in [1.807, 2.05) is 12.1 Å². The highest BCUT2D eigenvalue weighted by molar-refractivity contribution is 6.03. The van der Waals surface area contributed by atoms with Gasteiger partial charge in [-0.2, -0.15) is 0 Å². The van der Waals surface area contributed by atoms with Crippen LogP contribution < -0.4 is 5.32 Å². The quantitative estimate of drug-likeness (QED) is 0.844. The standard InChI is InChI=1S/C12H15N5O/c1-12(2,3)9-6-4-8(5-7-9)10(18)13-11-14-16-17-15-11/h4-7H,1-3H3,(H2,13,14,15,16,17,18). The molecular formula is C12H15N5O. The van der Waals surface area contributed by atoms with Gasteiger partial charge in [0.25, 0.3) is 5.91 Å². The average Bonchev–Trinajstić information content (AvgIpc) is 2.81. The van der Waals surface area contributed by atoms with Crippen LogP contribution >= 0.6 is 0 Å². The predicted octanol–water partition coefficient (Wildman–Crippen LogP) is 1.75. The molecule has 0 fully saturated rings. The van der Waals surface area contributed by atoms with Gasteiger partial charge in [0.1, 0.15) is 0 Å². The molecule has 0 atom stereocenters. The van der Waals surface area contributed by atoms with Gasteiger partial charge in [0.2, 0.25) is 5.95 Å². The molecule has 2 N–H and O–H groups in total. The molecule has 0 aliphatic heterocycles. The zero-order valence-electron chi connectivity index (χ0n) is 10.6. The molecule has 0 spiro atoms. The molecule has 2 aromatic rings. The molecule has 0 bridgehead atoms. The Bertz CT molecular complexity index is 525. The summed E-state index contributed by atoms with van der Waals surface area (Å²) < 4.78 is 0. The zero-order chi connectivity index (χ0) is 13.2. The van der Waals surface area contributed by atoms with Gasteiger partial charge in [-0.15, -0.1) is 0 Å². The molecule has 0 radical (unpaired) electrons. The van der Waals surface area contributed by atoms with Crippen molar-refractivity contribution in [2.24, 2.45) is 0 Å². The minimum absolute atomic E-state index is 0.0733.